The quantitative estimate of drug-likeness (QED) is 0.278. The maximum absolute atomic E-state index is 13.9. The lowest BCUT2D eigenvalue weighted by Crippen LogP contribution is -2.34. The van der Waals surface area contributed by atoms with Crippen molar-refractivity contribution < 1.29 is 9.53 Å². The summed E-state index contributed by atoms with van der Waals surface area (Å²) in [6, 6.07) is 33.8. The van der Waals surface area contributed by atoms with E-state index in [0.717, 1.165) is 45.3 Å². The Labute approximate surface area is 193 Å². The van der Waals surface area contributed by atoms with E-state index in [2.05, 4.69) is 19.1 Å². The van der Waals surface area contributed by atoms with Gasteiger partial charge in [0.2, 0.25) is 0 Å². The van der Waals surface area contributed by atoms with Crippen molar-refractivity contribution in [2.75, 3.05) is 6.54 Å². The van der Waals surface area contributed by atoms with Gasteiger partial charge in [-0.1, -0.05) is 79.7 Å². The smallest absolute Gasteiger partial charge is 0.329 e. The number of para-hydroxylation sites is 4. The molecule has 5 rings (SSSR count). The molecule has 0 N–H and O–H groups in total. The number of carbonyl (C=O) groups excluding carboxylic acids is 1. The van der Waals surface area contributed by atoms with Gasteiger partial charge in [-0.15, -0.1) is 0 Å². The highest BCUT2D eigenvalue weighted by Crippen LogP contribution is 2.30. The molecule has 0 unspecified atom stereocenters. The molecule has 1 aromatic heterocycles. The van der Waals surface area contributed by atoms with E-state index in [0.29, 0.717) is 13.1 Å². The zero-order chi connectivity index (χ0) is 22.6. The van der Waals surface area contributed by atoms with Crippen LogP contribution in [0, 0.1) is 0 Å². The summed E-state index contributed by atoms with van der Waals surface area (Å²) in [5, 5.41) is 2.18. The fourth-order valence-electron chi connectivity index (χ4n) is 4.34. The lowest BCUT2D eigenvalue weighted by molar-refractivity contribution is 0.198. The molecule has 0 aliphatic rings. The van der Waals surface area contributed by atoms with Crippen molar-refractivity contribution in [1.82, 2.24) is 9.47 Å². The Balaban J connectivity index is 1.53. The number of hydrogen-bond acceptors (Lipinski definition) is 2. The number of nitrogens with zero attached hydrogens (tertiary/aromatic N) is 2. The van der Waals surface area contributed by atoms with E-state index in [-0.39, 0.29) is 6.03 Å². The number of fused-ring (bicyclic) bond motifs is 3. The molecule has 1 amide bonds. The third kappa shape index (κ3) is 4.08. The molecule has 0 bridgehead atoms. The van der Waals surface area contributed by atoms with E-state index in [1.807, 2.05) is 100 Å². The minimum atomic E-state index is -0.0243. The molecule has 4 nitrogen and oxygen atoms in total. The second kappa shape index (κ2) is 9.21. The van der Waals surface area contributed by atoms with Gasteiger partial charge in [-0.05, 0) is 36.8 Å². The van der Waals surface area contributed by atoms with E-state index in [9.17, 15) is 4.79 Å². The fourth-order valence-corrected chi connectivity index (χ4v) is 4.34. The summed E-state index contributed by atoms with van der Waals surface area (Å²) in [7, 11) is 0. The average Bonchev–Trinajstić information content (AvgIpc) is 3.19. The summed E-state index contributed by atoms with van der Waals surface area (Å²) in [6.07, 6.45) is 0.866. The average molecular weight is 435 g/mol. The molecular weight excluding hydrogens is 408 g/mol. The molecule has 0 saturated heterocycles. The zero-order valence-electron chi connectivity index (χ0n) is 18.6. The van der Waals surface area contributed by atoms with Crippen molar-refractivity contribution in [2.45, 2.75) is 19.9 Å². The Hall–Kier alpha value is -4.05. The van der Waals surface area contributed by atoms with Gasteiger partial charge in [-0.3, -0.25) is 4.57 Å². The van der Waals surface area contributed by atoms with Crippen molar-refractivity contribution in [3.63, 3.8) is 0 Å². The van der Waals surface area contributed by atoms with Crippen LogP contribution in [0.3, 0.4) is 0 Å². The van der Waals surface area contributed by atoms with E-state index in [4.69, 9.17) is 4.74 Å². The van der Waals surface area contributed by atoms with E-state index in [1.165, 1.54) is 0 Å². The molecule has 0 fully saturated rings. The Kier molecular flexibility index (Phi) is 5.81. The summed E-state index contributed by atoms with van der Waals surface area (Å²) in [4.78, 5) is 15.9. The second-order valence-electron chi connectivity index (χ2n) is 8.10. The summed E-state index contributed by atoms with van der Waals surface area (Å²) in [5.41, 5.74) is 2.83. The van der Waals surface area contributed by atoms with Gasteiger partial charge in [0.05, 0.1) is 17.6 Å². The van der Waals surface area contributed by atoms with Gasteiger partial charge in [-0.2, -0.15) is 0 Å². The number of benzene rings is 4. The number of hydrogen-bond donors (Lipinski definition) is 0. The van der Waals surface area contributed by atoms with Gasteiger partial charge in [0.1, 0.15) is 11.5 Å². The monoisotopic (exact) mass is 434 g/mol. The first-order chi connectivity index (χ1) is 16.3. The Morgan fingerprint density at radius 1 is 0.758 bits per heavy atom. The molecule has 5 aromatic rings. The van der Waals surface area contributed by atoms with Gasteiger partial charge in [0.15, 0.2) is 0 Å². The highest BCUT2D eigenvalue weighted by molar-refractivity contribution is 6.13. The summed E-state index contributed by atoms with van der Waals surface area (Å²) < 4.78 is 8.00. The summed E-state index contributed by atoms with van der Waals surface area (Å²) >= 11 is 0. The lowest BCUT2D eigenvalue weighted by Gasteiger charge is -2.24. The van der Waals surface area contributed by atoms with Crippen LogP contribution in [-0.4, -0.2) is 22.0 Å². The number of rotatable bonds is 6. The van der Waals surface area contributed by atoms with Crippen molar-refractivity contribution in [2.24, 2.45) is 0 Å². The van der Waals surface area contributed by atoms with Crippen LogP contribution in [0.2, 0.25) is 0 Å². The van der Waals surface area contributed by atoms with Crippen LogP contribution in [0.4, 0.5) is 4.79 Å². The molecule has 4 aromatic carbocycles. The first kappa shape index (κ1) is 20.8. The van der Waals surface area contributed by atoms with E-state index in [1.54, 1.807) is 0 Å². The molecule has 0 spiro atoms. The van der Waals surface area contributed by atoms with E-state index >= 15 is 0 Å². The molecule has 164 valence electrons. The molecular formula is C29H26N2O2. The van der Waals surface area contributed by atoms with Crippen LogP contribution >= 0.6 is 0 Å². The third-order valence-corrected chi connectivity index (χ3v) is 5.84. The normalized spacial score (nSPS) is 11.1. The summed E-state index contributed by atoms with van der Waals surface area (Å²) in [6.45, 7) is 3.22. The predicted octanol–water partition coefficient (Wildman–Crippen LogP) is 7.47. The first-order valence-corrected chi connectivity index (χ1v) is 11.3. The van der Waals surface area contributed by atoms with Gasteiger partial charge in [0.25, 0.3) is 0 Å². The van der Waals surface area contributed by atoms with Gasteiger partial charge in [0, 0.05) is 22.9 Å². The van der Waals surface area contributed by atoms with Crippen LogP contribution in [0.25, 0.3) is 21.8 Å². The second-order valence-corrected chi connectivity index (χ2v) is 8.10. The van der Waals surface area contributed by atoms with Gasteiger partial charge in [-0.25, -0.2) is 4.79 Å². The largest absolute Gasteiger partial charge is 0.457 e. The molecule has 0 saturated carbocycles. The number of amides is 1. The molecule has 0 aliphatic heterocycles. The number of aromatic nitrogens is 1. The fraction of sp³-hybridized carbons (Fsp3) is 0.138. The van der Waals surface area contributed by atoms with Gasteiger partial charge < -0.3 is 9.64 Å². The van der Waals surface area contributed by atoms with Crippen LogP contribution in [-0.2, 0) is 6.54 Å². The van der Waals surface area contributed by atoms with Crippen LogP contribution in [0.1, 0.15) is 18.9 Å². The first-order valence-electron chi connectivity index (χ1n) is 11.3. The van der Waals surface area contributed by atoms with Crippen molar-refractivity contribution in [3.05, 3.63) is 109 Å². The minimum absolute atomic E-state index is 0.0243. The SMILES string of the molecule is CCCN(Cc1ccccc1Oc1ccccc1)C(=O)n1c2ccccc2c2ccccc21. The molecule has 33 heavy (non-hydrogen) atoms. The van der Waals surface area contributed by atoms with Crippen LogP contribution in [0.15, 0.2) is 103 Å². The molecule has 4 heteroatoms. The van der Waals surface area contributed by atoms with E-state index < -0.39 is 0 Å². The lowest BCUT2D eigenvalue weighted by atomic mass is 10.2. The molecule has 0 radical (unpaired) electrons. The third-order valence-electron chi connectivity index (χ3n) is 5.84. The maximum atomic E-state index is 13.9. The highest BCUT2D eigenvalue weighted by Gasteiger charge is 2.22. The Bertz CT molecular complexity index is 1350. The standard InChI is InChI=1S/C29H26N2O2/c1-2-20-30(21-22-12-6-11-19-28(22)33-23-13-4-3-5-14-23)29(32)31-26-17-9-7-15-24(26)25-16-8-10-18-27(25)31/h3-19H,2,20-21H2,1H3. The minimum Gasteiger partial charge on any atom is -0.457 e. The number of carbonyl (C=O) groups is 1. The van der Waals surface area contributed by atoms with Crippen molar-refractivity contribution in [1.29, 1.82) is 0 Å². The van der Waals surface area contributed by atoms with Gasteiger partial charge >= 0.3 is 6.03 Å². The molecule has 0 aliphatic carbocycles. The molecule has 0 atom stereocenters. The maximum Gasteiger partial charge on any atom is 0.329 e. The predicted molar refractivity (Wildman–Crippen MR) is 134 cm³/mol. The number of ether oxygens (including phenoxy) is 1. The van der Waals surface area contributed by atoms with Crippen LogP contribution < -0.4 is 4.74 Å². The summed E-state index contributed by atoms with van der Waals surface area (Å²) in [5.74, 6) is 1.54. The van der Waals surface area contributed by atoms with Crippen LogP contribution in [0.5, 0.6) is 11.5 Å². The van der Waals surface area contributed by atoms with Crippen molar-refractivity contribution >= 4 is 27.8 Å². The molecule has 1 heterocycles. The van der Waals surface area contributed by atoms with Crippen molar-refractivity contribution in [3.8, 4) is 11.5 Å². The Morgan fingerprint density at radius 2 is 1.33 bits per heavy atom. The highest BCUT2D eigenvalue weighted by atomic mass is 16.5. The Morgan fingerprint density at radius 3 is 2.00 bits per heavy atom. The zero-order valence-corrected chi connectivity index (χ0v) is 18.6. The topological polar surface area (TPSA) is 34.5 Å².